The number of ether oxygens (including phenoxy) is 1. The van der Waals surface area contributed by atoms with Crippen molar-refractivity contribution in [2.24, 2.45) is 11.8 Å². The van der Waals surface area contributed by atoms with E-state index in [0.29, 0.717) is 36.7 Å². The summed E-state index contributed by atoms with van der Waals surface area (Å²) in [5.41, 5.74) is 4.14. The molecule has 1 saturated carbocycles. The second-order valence-electron chi connectivity index (χ2n) is 7.71. The van der Waals surface area contributed by atoms with Crippen LogP contribution in [-0.2, 0) is 16.1 Å². The van der Waals surface area contributed by atoms with Crippen LogP contribution in [-0.4, -0.2) is 5.97 Å². The Morgan fingerprint density at radius 3 is 2.52 bits per heavy atom. The highest BCUT2D eigenvalue weighted by Gasteiger charge is 2.40. The summed E-state index contributed by atoms with van der Waals surface area (Å²) in [4.78, 5) is 12.4. The van der Waals surface area contributed by atoms with Crippen LogP contribution in [0.25, 0.3) is 0 Å². The van der Waals surface area contributed by atoms with Gasteiger partial charge >= 0.3 is 5.97 Å². The SMILES string of the molecule is C[C@H]1C(CC(=O)OCc2ccccc2)CC[C@@H]2C[C@H]1c1ccccc12. The zero-order valence-electron chi connectivity index (χ0n) is 14.9. The lowest BCUT2D eigenvalue weighted by atomic mass is 9.77. The molecule has 0 aliphatic heterocycles. The third-order valence-electron chi connectivity index (χ3n) is 6.31. The fourth-order valence-electron chi connectivity index (χ4n) is 4.86. The molecule has 0 spiro atoms. The highest BCUT2D eigenvalue weighted by atomic mass is 16.5. The highest BCUT2D eigenvalue weighted by molar-refractivity contribution is 5.69. The first-order valence-corrected chi connectivity index (χ1v) is 9.50. The predicted octanol–water partition coefficient (Wildman–Crippen LogP) is 5.44. The molecule has 0 radical (unpaired) electrons. The van der Waals surface area contributed by atoms with Crippen LogP contribution in [0.3, 0.4) is 0 Å². The average molecular weight is 334 g/mol. The fourth-order valence-corrected chi connectivity index (χ4v) is 4.86. The van der Waals surface area contributed by atoms with E-state index in [2.05, 4.69) is 31.2 Å². The van der Waals surface area contributed by atoms with E-state index in [4.69, 9.17) is 4.74 Å². The van der Waals surface area contributed by atoms with Crippen LogP contribution >= 0.6 is 0 Å². The molecule has 0 saturated heterocycles. The first-order valence-electron chi connectivity index (χ1n) is 9.50. The number of hydrogen-bond donors (Lipinski definition) is 0. The summed E-state index contributed by atoms with van der Waals surface area (Å²) in [6, 6.07) is 18.9. The van der Waals surface area contributed by atoms with Gasteiger partial charge in [0.05, 0.1) is 0 Å². The standard InChI is InChI=1S/C23H26O2/c1-16-18(14-23(24)25-15-17-7-3-2-4-8-17)11-12-19-13-22(16)21-10-6-5-9-20(19)21/h2-10,16,18-19,22H,11-15H2,1H3/t16-,18?,19+,22+/m0/s1. The average Bonchev–Trinajstić information content (AvgIpc) is 2.94. The molecule has 130 valence electrons. The Kier molecular flexibility index (Phi) is 4.61. The number of esters is 1. The van der Waals surface area contributed by atoms with Gasteiger partial charge in [0.1, 0.15) is 6.61 Å². The molecule has 2 heteroatoms. The summed E-state index contributed by atoms with van der Waals surface area (Å²) >= 11 is 0. The van der Waals surface area contributed by atoms with Gasteiger partial charge < -0.3 is 4.74 Å². The third-order valence-corrected chi connectivity index (χ3v) is 6.31. The molecule has 0 heterocycles. The number of hydrogen-bond acceptors (Lipinski definition) is 2. The predicted molar refractivity (Wildman–Crippen MR) is 99.3 cm³/mol. The molecule has 2 aromatic rings. The van der Waals surface area contributed by atoms with E-state index in [1.807, 2.05) is 30.3 Å². The molecule has 4 atom stereocenters. The molecule has 0 amide bonds. The molecule has 4 rings (SSSR count). The quantitative estimate of drug-likeness (QED) is 0.696. The van der Waals surface area contributed by atoms with Gasteiger partial charge in [0.25, 0.3) is 0 Å². The van der Waals surface area contributed by atoms with Gasteiger partial charge in [0, 0.05) is 6.42 Å². The first kappa shape index (κ1) is 16.4. The normalized spacial score (nSPS) is 27.4. The third kappa shape index (κ3) is 3.35. The number of carbonyl (C=O) groups excluding carboxylic acids is 1. The molecule has 0 aromatic heterocycles. The van der Waals surface area contributed by atoms with E-state index in [0.717, 1.165) is 12.0 Å². The number of benzene rings is 2. The van der Waals surface area contributed by atoms with Crippen molar-refractivity contribution in [3.05, 3.63) is 71.3 Å². The zero-order valence-corrected chi connectivity index (χ0v) is 14.9. The second-order valence-corrected chi connectivity index (χ2v) is 7.71. The van der Waals surface area contributed by atoms with Crippen molar-refractivity contribution in [2.45, 2.75) is 51.0 Å². The van der Waals surface area contributed by atoms with Crippen LogP contribution < -0.4 is 0 Å². The summed E-state index contributed by atoms with van der Waals surface area (Å²) in [6.07, 6.45) is 4.15. The fraction of sp³-hybridized carbons (Fsp3) is 0.435. The zero-order chi connectivity index (χ0) is 17.2. The molecule has 1 unspecified atom stereocenters. The molecular formula is C23H26O2. The van der Waals surface area contributed by atoms with Crippen LogP contribution in [0.5, 0.6) is 0 Å². The maximum absolute atomic E-state index is 12.4. The van der Waals surface area contributed by atoms with E-state index in [1.54, 1.807) is 5.56 Å². The lowest BCUT2D eigenvalue weighted by Crippen LogP contribution is -2.21. The van der Waals surface area contributed by atoms with Gasteiger partial charge in [-0.2, -0.15) is 0 Å². The molecule has 25 heavy (non-hydrogen) atoms. The number of rotatable bonds is 4. The molecule has 2 bridgehead atoms. The van der Waals surface area contributed by atoms with E-state index in [-0.39, 0.29) is 5.97 Å². The van der Waals surface area contributed by atoms with Crippen molar-refractivity contribution in [2.75, 3.05) is 0 Å². The van der Waals surface area contributed by atoms with Crippen molar-refractivity contribution in [1.82, 2.24) is 0 Å². The lowest BCUT2D eigenvalue weighted by Gasteiger charge is -2.28. The Morgan fingerprint density at radius 2 is 1.72 bits per heavy atom. The smallest absolute Gasteiger partial charge is 0.306 e. The van der Waals surface area contributed by atoms with Gasteiger partial charge in [-0.3, -0.25) is 4.79 Å². The Hall–Kier alpha value is -2.09. The topological polar surface area (TPSA) is 26.3 Å². The van der Waals surface area contributed by atoms with Crippen LogP contribution in [0.4, 0.5) is 0 Å². The minimum Gasteiger partial charge on any atom is -0.461 e. The monoisotopic (exact) mass is 334 g/mol. The molecule has 2 aromatic carbocycles. The van der Waals surface area contributed by atoms with Gasteiger partial charge in [-0.05, 0) is 59.6 Å². The lowest BCUT2D eigenvalue weighted by molar-refractivity contribution is -0.146. The summed E-state index contributed by atoms with van der Waals surface area (Å²) < 4.78 is 5.53. The van der Waals surface area contributed by atoms with E-state index >= 15 is 0 Å². The first-order chi connectivity index (χ1) is 12.2. The molecular weight excluding hydrogens is 308 g/mol. The van der Waals surface area contributed by atoms with Crippen molar-refractivity contribution in [1.29, 1.82) is 0 Å². The number of carbonyl (C=O) groups is 1. The van der Waals surface area contributed by atoms with Crippen LogP contribution in [0.2, 0.25) is 0 Å². The maximum atomic E-state index is 12.4. The summed E-state index contributed by atoms with van der Waals surface area (Å²) in [5, 5.41) is 0. The molecule has 2 aliphatic carbocycles. The van der Waals surface area contributed by atoms with Crippen LogP contribution in [0, 0.1) is 11.8 Å². The Morgan fingerprint density at radius 1 is 1.00 bits per heavy atom. The molecule has 0 N–H and O–H groups in total. The summed E-state index contributed by atoms with van der Waals surface area (Å²) in [6.45, 7) is 2.72. The van der Waals surface area contributed by atoms with Gasteiger partial charge in [-0.15, -0.1) is 0 Å². The Bertz CT molecular complexity index is 737. The van der Waals surface area contributed by atoms with Gasteiger partial charge in [-0.25, -0.2) is 0 Å². The summed E-state index contributed by atoms with van der Waals surface area (Å²) in [5.74, 6) is 2.22. The molecule has 2 aliphatic rings. The summed E-state index contributed by atoms with van der Waals surface area (Å²) in [7, 11) is 0. The van der Waals surface area contributed by atoms with E-state index in [1.165, 1.54) is 18.4 Å². The molecule has 2 nitrogen and oxygen atoms in total. The molecule has 1 fully saturated rings. The minimum absolute atomic E-state index is 0.0493. The minimum atomic E-state index is -0.0493. The van der Waals surface area contributed by atoms with Gasteiger partial charge in [0.15, 0.2) is 0 Å². The van der Waals surface area contributed by atoms with E-state index in [9.17, 15) is 4.79 Å². The Balaban J connectivity index is 1.40. The van der Waals surface area contributed by atoms with Crippen molar-refractivity contribution >= 4 is 5.97 Å². The van der Waals surface area contributed by atoms with Gasteiger partial charge in [-0.1, -0.05) is 61.5 Å². The van der Waals surface area contributed by atoms with Crippen LogP contribution in [0.15, 0.2) is 54.6 Å². The maximum Gasteiger partial charge on any atom is 0.306 e. The highest BCUT2D eigenvalue weighted by Crippen LogP contribution is 2.53. The van der Waals surface area contributed by atoms with Crippen molar-refractivity contribution in [3.63, 3.8) is 0 Å². The largest absolute Gasteiger partial charge is 0.461 e. The Labute approximate surface area is 150 Å². The van der Waals surface area contributed by atoms with Gasteiger partial charge in [0.2, 0.25) is 0 Å². The van der Waals surface area contributed by atoms with Crippen LogP contribution in [0.1, 0.15) is 61.1 Å². The van der Waals surface area contributed by atoms with Crippen molar-refractivity contribution < 1.29 is 9.53 Å². The van der Waals surface area contributed by atoms with E-state index < -0.39 is 0 Å². The second kappa shape index (κ2) is 7.03. The van der Waals surface area contributed by atoms with Crippen molar-refractivity contribution in [3.8, 4) is 0 Å². The number of fused-ring (bicyclic) bond motifs is 5.